The van der Waals surface area contributed by atoms with Gasteiger partial charge in [-0.05, 0) is 18.7 Å². The first-order chi connectivity index (χ1) is 5.86. The van der Waals surface area contributed by atoms with Crippen LogP contribution in [0.2, 0.25) is 0 Å². The van der Waals surface area contributed by atoms with Gasteiger partial charge in [0.25, 0.3) is 0 Å². The quantitative estimate of drug-likeness (QED) is 0.758. The predicted octanol–water partition coefficient (Wildman–Crippen LogP) is 2.99. The van der Waals surface area contributed by atoms with Gasteiger partial charge in [0.05, 0.1) is 0 Å². The molecule has 1 aromatic carbocycles. The Morgan fingerprint density at radius 1 is 0.867 bits per heavy atom. The minimum Gasteiger partial charge on any atom is -0.300 e. The molecule has 0 aromatic heterocycles. The van der Waals surface area contributed by atoms with Crippen LogP contribution in [0.25, 0.3) is 0 Å². The highest BCUT2D eigenvalue weighted by Gasteiger charge is 1.98. The Morgan fingerprint density at radius 3 is 1.73 bits per heavy atom. The Kier molecular flexibility index (Phi) is 14.4. The van der Waals surface area contributed by atoms with Gasteiger partial charge >= 0.3 is 0 Å². The minimum atomic E-state index is 0. The first-order valence-corrected chi connectivity index (χ1v) is 4.63. The molecule has 1 aromatic rings. The second-order valence-electron chi connectivity index (χ2n) is 2.95. The van der Waals surface area contributed by atoms with Crippen LogP contribution in [0.15, 0.2) is 30.3 Å². The lowest BCUT2D eigenvalue weighted by atomic mass is 10.2. The normalized spacial score (nSPS) is 8.47. The summed E-state index contributed by atoms with van der Waals surface area (Å²) in [5.41, 5.74) is 1.40. The van der Waals surface area contributed by atoms with Gasteiger partial charge in [-0.3, -0.25) is 19.0 Å². The van der Waals surface area contributed by atoms with Gasteiger partial charge in [0.15, 0.2) is 0 Å². The largest absolute Gasteiger partial charge is 0.300 e. The molecule has 90 valence electrons. The summed E-state index contributed by atoms with van der Waals surface area (Å²) in [4.78, 5) is 2.41. The summed E-state index contributed by atoms with van der Waals surface area (Å²) in [6, 6.07) is 10.6. The first-order valence-electron chi connectivity index (χ1n) is 4.63. The van der Waals surface area contributed by atoms with Crippen LogP contribution >= 0.6 is 0 Å². The van der Waals surface area contributed by atoms with E-state index in [9.17, 15) is 0 Å². The Morgan fingerprint density at radius 2 is 1.33 bits per heavy atom. The lowest BCUT2D eigenvalue weighted by Crippen LogP contribution is -2.21. The smallest absolute Gasteiger partial charge is 0.0233 e. The van der Waals surface area contributed by atoms with Crippen molar-refractivity contribution in [2.75, 3.05) is 13.1 Å². The van der Waals surface area contributed by atoms with Gasteiger partial charge in [-0.15, -0.1) is 0 Å². The number of benzene rings is 1. The van der Waals surface area contributed by atoms with Crippen molar-refractivity contribution >= 4 is 0 Å². The molecule has 0 bridgehead atoms. The molecule has 0 aliphatic heterocycles. The summed E-state index contributed by atoms with van der Waals surface area (Å²) in [5.74, 6) is 0. The van der Waals surface area contributed by atoms with Gasteiger partial charge in [0.2, 0.25) is 0 Å². The molecule has 0 aliphatic carbocycles. The van der Waals surface area contributed by atoms with E-state index in [1.54, 1.807) is 0 Å². The van der Waals surface area contributed by atoms with Crippen LogP contribution in [0.3, 0.4) is 0 Å². The summed E-state index contributed by atoms with van der Waals surface area (Å²) in [6.07, 6.45) is 0. The number of rotatable bonds is 4. The summed E-state index contributed by atoms with van der Waals surface area (Å²) in [6.45, 7) is 7.74. The third kappa shape index (κ3) is 6.96. The van der Waals surface area contributed by atoms with Crippen molar-refractivity contribution in [3.63, 3.8) is 0 Å². The number of nitrogens with zero attached hydrogens (tertiary/aromatic N) is 1. The van der Waals surface area contributed by atoms with Crippen LogP contribution in [-0.2, 0) is 6.54 Å². The van der Waals surface area contributed by atoms with E-state index in [2.05, 4.69) is 49.1 Å². The second-order valence-corrected chi connectivity index (χ2v) is 2.95. The Balaban J connectivity index is -0.000000480. The molecule has 0 atom stereocenters. The van der Waals surface area contributed by atoms with E-state index < -0.39 is 0 Å². The lowest BCUT2D eigenvalue weighted by molar-refractivity contribution is 0.296. The standard InChI is InChI=1S/C11H17N.3FH/c1-3-12(4-2)10-11-8-6-5-7-9-11;;;/h5-9H,3-4,10H2,1-2H3;3*1H. The van der Waals surface area contributed by atoms with Crippen LogP contribution in [-0.4, -0.2) is 18.0 Å². The number of halogens is 3. The Hall–Kier alpha value is -1.03. The van der Waals surface area contributed by atoms with Crippen LogP contribution in [0.4, 0.5) is 14.1 Å². The zero-order valence-corrected chi connectivity index (χ0v) is 9.18. The lowest BCUT2D eigenvalue weighted by Gasteiger charge is -2.17. The highest BCUT2D eigenvalue weighted by molar-refractivity contribution is 5.14. The molecule has 0 N–H and O–H groups in total. The maximum Gasteiger partial charge on any atom is 0.0233 e. The molecule has 0 amide bonds. The van der Waals surface area contributed by atoms with E-state index in [0.29, 0.717) is 0 Å². The average Bonchev–Trinajstić information content (AvgIpc) is 2.16. The SMILES string of the molecule is CCN(CC)Cc1ccccc1.F.F.F. The van der Waals surface area contributed by atoms with E-state index in [-0.39, 0.29) is 14.1 Å². The molecule has 15 heavy (non-hydrogen) atoms. The Bertz CT molecular complexity index is 212. The van der Waals surface area contributed by atoms with Crippen molar-refractivity contribution in [1.29, 1.82) is 0 Å². The summed E-state index contributed by atoms with van der Waals surface area (Å²) >= 11 is 0. The zero-order chi connectivity index (χ0) is 8.81. The van der Waals surface area contributed by atoms with Crippen molar-refractivity contribution in [3.8, 4) is 0 Å². The van der Waals surface area contributed by atoms with E-state index in [4.69, 9.17) is 0 Å². The van der Waals surface area contributed by atoms with Crippen molar-refractivity contribution in [1.82, 2.24) is 4.90 Å². The van der Waals surface area contributed by atoms with E-state index >= 15 is 0 Å². The van der Waals surface area contributed by atoms with Gasteiger partial charge < -0.3 is 0 Å². The predicted molar refractivity (Wildman–Crippen MR) is 60.6 cm³/mol. The maximum absolute atomic E-state index is 2.41. The summed E-state index contributed by atoms with van der Waals surface area (Å²) < 4.78 is 0. The van der Waals surface area contributed by atoms with Gasteiger partial charge in [-0.2, -0.15) is 0 Å². The molecule has 0 saturated heterocycles. The van der Waals surface area contributed by atoms with Crippen molar-refractivity contribution < 1.29 is 14.1 Å². The molecule has 0 radical (unpaired) electrons. The van der Waals surface area contributed by atoms with E-state index in [1.807, 2.05) is 0 Å². The summed E-state index contributed by atoms with van der Waals surface area (Å²) in [5, 5.41) is 0. The molecular formula is C11H20F3N. The second kappa shape index (κ2) is 11.0. The molecule has 0 spiro atoms. The van der Waals surface area contributed by atoms with E-state index in [0.717, 1.165) is 19.6 Å². The van der Waals surface area contributed by atoms with Gasteiger partial charge in [0, 0.05) is 6.54 Å². The van der Waals surface area contributed by atoms with Gasteiger partial charge in [0.1, 0.15) is 0 Å². The molecule has 1 rings (SSSR count). The molecule has 0 fully saturated rings. The zero-order valence-electron chi connectivity index (χ0n) is 9.18. The molecule has 0 aliphatic rings. The van der Waals surface area contributed by atoms with Crippen LogP contribution < -0.4 is 0 Å². The highest BCUT2D eigenvalue weighted by atomic mass is 19.0. The fraction of sp³-hybridized carbons (Fsp3) is 0.455. The highest BCUT2D eigenvalue weighted by Crippen LogP contribution is 2.02. The molecule has 0 saturated carbocycles. The van der Waals surface area contributed by atoms with E-state index in [1.165, 1.54) is 5.56 Å². The number of hydrogen-bond acceptors (Lipinski definition) is 1. The first kappa shape index (κ1) is 19.5. The average molecular weight is 223 g/mol. The summed E-state index contributed by atoms with van der Waals surface area (Å²) in [7, 11) is 0. The Labute approximate surface area is 89.2 Å². The van der Waals surface area contributed by atoms with Crippen LogP contribution in [0, 0.1) is 0 Å². The van der Waals surface area contributed by atoms with Crippen LogP contribution in [0.1, 0.15) is 19.4 Å². The monoisotopic (exact) mass is 223 g/mol. The fourth-order valence-electron chi connectivity index (χ4n) is 1.29. The van der Waals surface area contributed by atoms with Gasteiger partial charge in [-0.1, -0.05) is 44.2 Å². The number of hydrogen-bond donors (Lipinski definition) is 0. The third-order valence-corrected chi connectivity index (χ3v) is 2.14. The maximum atomic E-state index is 2.41. The molecule has 0 heterocycles. The third-order valence-electron chi connectivity index (χ3n) is 2.14. The molecule has 1 nitrogen and oxygen atoms in total. The van der Waals surface area contributed by atoms with Gasteiger partial charge in [-0.25, -0.2) is 0 Å². The fourth-order valence-corrected chi connectivity index (χ4v) is 1.29. The van der Waals surface area contributed by atoms with Crippen molar-refractivity contribution in [2.24, 2.45) is 0 Å². The van der Waals surface area contributed by atoms with Crippen molar-refractivity contribution in [3.05, 3.63) is 35.9 Å². The molecular weight excluding hydrogens is 203 g/mol. The van der Waals surface area contributed by atoms with Crippen LogP contribution in [0.5, 0.6) is 0 Å². The molecule has 4 heteroatoms. The molecule has 0 unspecified atom stereocenters. The topological polar surface area (TPSA) is 3.24 Å². The minimum absolute atomic E-state index is 0. The van der Waals surface area contributed by atoms with Crippen molar-refractivity contribution in [2.45, 2.75) is 20.4 Å².